The van der Waals surface area contributed by atoms with Gasteiger partial charge in [0, 0.05) is 19.9 Å². The van der Waals surface area contributed by atoms with Crippen LogP contribution in [0.25, 0.3) is 0 Å². The van der Waals surface area contributed by atoms with Crippen LogP contribution in [0, 0.1) is 0 Å². The van der Waals surface area contributed by atoms with Crippen molar-refractivity contribution in [3.05, 3.63) is 0 Å². The zero-order valence-corrected chi connectivity index (χ0v) is 11.2. The summed E-state index contributed by atoms with van der Waals surface area (Å²) in [5.41, 5.74) is -0.0123. The fourth-order valence-corrected chi connectivity index (χ4v) is 2.76. The lowest BCUT2D eigenvalue weighted by atomic mass is 9.87. The van der Waals surface area contributed by atoms with E-state index in [2.05, 4.69) is 30.9 Å². The van der Waals surface area contributed by atoms with E-state index >= 15 is 0 Å². The summed E-state index contributed by atoms with van der Waals surface area (Å²) >= 11 is 0. The standard InChI is InChI=1S/C13H26N2O/c1-5-10-14-15-11-8-9-12(15)13(6-2,7-3)16-4/h10,12H,5-9,11H2,1-4H3/b14-10+. The smallest absolute Gasteiger partial charge is 0.0892 e. The van der Waals surface area contributed by atoms with Gasteiger partial charge >= 0.3 is 0 Å². The molecule has 1 unspecified atom stereocenters. The van der Waals surface area contributed by atoms with E-state index in [1.807, 2.05) is 13.3 Å². The average Bonchev–Trinajstić information content (AvgIpc) is 2.79. The van der Waals surface area contributed by atoms with E-state index in [1.54, 1.807) is 0 Å². The van der Waals surface area contributed by atoms with Gasteiger partial charge < -0.3 is 4.74 Å². The Hall–Kier alpha value is -0.570. The molecule has 0 amide bonds. The van der Waals surface area contributed by atoms with Crippen molar-refractivity contribution in [1.82, 2.24) is 5.01 Å². The number of rotatable bonds is 6. The van der Waals surface area contributed by atoms with Crippen LogP contribution in [0.2, 0.25) is 0 Å². The maximum Gasteiger partial charge on any atom is 0.0892 e. The Morgan fingerprint density at radius 3 is 2.56 bits per heavy atom. The number of hydrazone groups is 1. The van der Waals surface area contributed by atoms with Crippen molar-refractivity contribution < 1.29 is 4.74 Å². The van der Waals surface area contributed by atoms with Crippen LogP contribution < -0.4 is 0 Å². The lowest BCUT2D eigenvalue weighted by molar-refractivity contribution is -0.0731. The molecule has 0 saturated carbocycles. The minimum absolute atomic E-state index is 0.0123. The van der Waals surface area contributed by atoms with E-state index in [1.165, 1.54) is 12.8 Å². The zero-order valence-electron chi connectivity index (χ0n) is 11.2. The molecular formula is C13H26N2O. The average molecular weight is 226 g/mol. The number of methoxy groups -OCH3 is 1. The third kappa shape index (κ3) is 2.57. The maximum absolute atomic E-state index is 5.81. The van der Waals surface area contributed by atoms with E-state index in [0.717, 1.165) is 25.8 Å². The third-order valence-electron chi connectivity index (χ3n) is 3.85. The maximum atomic E-state index is 5.81. The molecule has 0 aliphatic carbocycles. The van der Waals surface area contributed by atoms with Gasteiger partial charge in [0.25, 0.3) is 0 Å². The highest BCUT2D eigenvalue weighted by Gasteiger charge is 2.41. The number of ether oxygens (including phenoxy) is 1. The van der Waals surface area contributed by atoms with Crippen molar-refractivity contribution in [2.75, 3.05) is 13.7 Å². The summed E-state index contributed by atoms with van der Waals surface area (Å²) in [6, 6.07) is 0.454. The van der Waals surface area contributed by atoms with Gasteiger partial charge in [-0.25, -0.2) is 0 Å². The molecule has 0 bridgehead atoms. The Morgan fingerprint density at radius 2 is 2.06 bits per heavy atom. The van der Waals surface area contributed by atoms with Crippen LogP contribution >= 0.6 is 0 Å². The summed E-state index contributed by atoms with van der Waals surface area (Å²) in [7, 11) is 1.84. The van der Waals surface area contributed by atoms with Gasteiger partial charge in [0.1, 0.15) is 0 Å². The molecule has 94 valence electrons. The van der Waals surface area contributed by atoms with Crippen LogP contribution in [0.15, 0.2) is 5.10 Å². The predicted octanol–water partition coefficient (Wildman–Crippen LogP) is 3.05. The van der Waals surface area contributed by atoms with E-state index in [0.29, 0.717) is 6.04 Å². The summed E-state index contributed by atoms with van der Waals surface area (Å²) in [4.78, 5) is 0. The fraction of sp³-hybridized carbons (Fsp3) is 0.923. The van der Waals surface area contributed by atoms with Gasteiger partial charge in [-0.3, -0.25) is 5.01 Å². The summed E-state index contributed by atoms with van der Waals surface area (Å²) in [6.45, 7) is 7.63. The van der Waals surface area contributed by atoms with Crippen molar-refractivity contribution in [2.45, 2.75) is 64.5 Å². The van der Waals surface area contributed by atoms with Gasteiger partial charge in [0.05, 0.1) is 11.6 Å². The highest BCUT2D eigenvalue weighted by atomic mass is 16.5. The van der Waals surface area contributed by atoms with Gasteiger partial charge in [-0.05, 0) is 32.1 Å². The minimum atomic E-state index is -0.0123. The van der Waals surface area contributed by atoms with Gasteiger partial charge in [-0.15, -0.1) is 0 Å². The first-order valence-corrected chi connectivity index (χ1v) is 6.58. The summed E-state index contributed by atoms with van der Waals surface area (Å²) in [5, 5.41) is 6.80. The van der Waals surface area contributed by atoms with Crippen LogP contribution in [-0.4, -0.2) is 36.5 Å². The molecule has 0 aromatic carbocycles. The second-order valence-electron chi connectivity index (χ2n) is 4.50. The summed E-state index contributed by atoms with van der Waals surface area (Å²) < 4.78 is 5.81. The van der Waals surface area contributed by atoms with E-state index in [4.69, 9.17) is 4.74 Å². The minimum Gasteiger partial charge on any atom is -0.376 e. The van der Waals surface area contributed by atoms with Crippen LogP contribution in [-0.2, 0) is 4.74 Å². The second-order valence-corrected chi connectivity index (χ2v) is 4.50. The van der Waals surface area contributed by atoms with Crippen molar-refractivity contribution in [2.24, 2.45) is 5.10 Å². The first-order chi connectivity index (χ1) is 7.74. The first kappa shape index (κ1) is 13.5. The molecule has 16 heavy (non-hydrogen) atoms. The molecule has 0 radical (unpaired) electrons. The Morgan fingerprint density at radius 1 is 1.38 bits per heavy atom. The molecule has 1 fully saturated rings. The predicted molar refractivity (Wildman–Crippen MR) is 68.8 cm³/mol. The van der Waals surface area contributed by atoms with E-state index in [-0.39, 0.29) is 5.60 Å². The molecule has 0 aromatic rings. The normalized spacial score (nSPS) is 22.2. The molecule has 0 N–H and O–H groups in total. The molecule has 3 heteroatoms. The monoisotopic (exact) mass is 226 g/mol. The van der Waals surface area contributed by atoms with E-state index in [9.17, 15) is 0 Å². The fourth-order valence-electron chi connectivity index (χ4n) is 2.76. The van der Waals surface area contributed by atoms with Crippen molar-refractivity contribution in [3.63, 3.8) is 0 Å². The van der Waals surface area contributed by atoms with Gasteiger partial charge in [-0.1, -0.05) is 20.8 Å². The Bertz CT molecular complexity index is 216. The molecule has 1 aliphatic heterocycles. The Balaban J connectivity index is 2.78. The highest BCUT2D eigenvalue weighted by Crippen LogP contribution is 2.34. The Kier molecular flexibility index (Phi) is 5.26. The molecule has 0 aromatic heterocycles. The second kappa shape index (κ2) is 6.24. The van der Waals surface area contributed by atoms with Crippen molar-refractivity contribution in [3.8, 4) is 0 Å². The zero-order chi connectivity index (χ0) is 12.0. The van der Waals surface area contributed by atoms with E-state index < -0.39 is 0 Å². The van der Waals surface area contributed by atoms with Crippen LogP contribution in [0.4, 0.5) is 0 Å². The molecule has 1 saturated heterocycles. The van der Waals surface area contributed by atoms with Crippen LogP contribution in [0.1, 0.15) is 52.9 Å². The summed E-state index contributed by atoms with van der Waals surface area (Å²) in [5.74, 6) is 0. The molecular weight excluding hydrogens is 200 g/mol. The van der Waals surface area contributed by atoms with Crippen LogP contribution in [0.3, 0.4) is 0 Å². The molecule has 1 heterocycles. The molecule has 0 spiro atoms. The highest BCUT2D eigenvalue weighted by molar-refractivity contribution is 5.56. The van der Waals surface area contributed by atoms with Gasteiger partial charge in [0.2, 0.25) is 0 Å². The Labute approximate surface area is 99.9 Å². The first-order valence-electron chi connectivity index (χ1n) is 6.58. The lowest BCUT2D eigenvalue weighted by Gasteiger charge is -2.39. The van der Waals surface area contributed by atoms with Crippen molar-refractivity contribution in [1.29, 1.82) is 0 Å². The largest absolute Gasteiger partial charge is 0.376 e. The van der Waals surface area contributed by atoms with Crippen LogP contribution in [0.5, 0.6) is 0 Å². The van der Waals surface area contributed by atoms with Gasteiger partial charge in [0.15, 0.2) is 0 Å². The molecule has 1 rings (SSSR count). The summed E-state index contributed by atoms with van der Waals surface area (Å²) in [6.07, 6.45) is 7.56. The molecule has 1 aliphatic rings. The number of nitrogens with zero attached hydrogens (tertiary/aromatic N) is 2. The molecule has 3 nitrogen and oxygen atoms in total. The lowest BCUT2D eigenvalue weighted by Crippen LogP contribution is -2.48. The third-order valence-corrected chi connectivity index (χ3v) is 3.85. The SMILES string of the molecule is CC/C=N/N1CCCC1C(CC)(CC)OC. The van der Waals surface area contributed by atoms with Gasteiger partial charge in [-0.2, -0.15) is 5.10 Å². The quantitative estimate of drug-likeness (QED) is 0.650. The number of hydrogen-bond acceptors (Lipinski definition) is 3. The molecule has 1 atom stereocenters. The number of hydrogen-bond donors (Lipinski definition) is 0. The van der Waals surface area contributed by atoms with Crippen molar-refractivity contribution >= 4 is 6.21 Å². The topological polar surface area (TPSA) is 24.8 Å².